The van der Waals surface area contributed by atoms with Crippen molar-refractivity contribution in [3.63, 3.8) is 0 Å². The van der Waals surface area contributed by atoms with Crippen LogP contribution in [0.15, 0.2) is 18.2 Å². The van der Waals surface area contributed by atoms with Gasteiger partial charge in [0, 0.05) is 25.7 Å². The third kappa shape index (κ3) is 3.52. The molecule has 3 amide bonds. The molecule has 1 saturated carbocycles. The minimum atomic E-state index is -0.236. The number of hydrogen-bond donors (Lipinski definition) is 1. The molecule has 29 heavy (non-hydrogen) atoms. The van der Waals surface area contributed by atoms with E-state index in [9.17, 15) is 14.4 Å². The molecule has 5 rings (SSSR count). The first-order chi connectivity index (χ1) is 14.1. The SMILES string of the molecule is O=C(NC1CC1)[C@@H]1CCCN(c2cccc3c2C(=O)N(C[C@H]2CCCO2)C3=O)C1. The van der Waals surface area contributed by atoms with Crippen molar-refractivity contribution in [3.05, 3.63) is 29.3 Å². The summed E-state index contributed by atoms with van der Waals surface area (Å²) >= 11 is 0. The van der Waals surface area contributed by atoms with Gasteiger partial charge in [-0.3, -0.25) is 19.3 Å². The maximum Gasteiger partial charge on any atom is 0.263 e. The molecule has 0 unspecified atom stereocenters. The van der Waals surface area contributed by atoms with Crippen molar-refractivity contribution in [2.24, 2.45) is 5.92 Å². The Hall–Kier alpha value is -2.41. The number of piperidine rings is 1. The third-order valence-electron chi connectivity index (χ3n) is 6.44. The van der Waals surface area contributed by atoms with E-state index in [1.54, 1.807) is 6.07 Å². The lowest BCUT2D eigenvalue weighted by Gasteiger charge is -2.34. The molecular formula is C22H27N3O4. The van der Waals surface area contributed by atoms with E-state index in [-0.39, 0.29) is 29.7 Å². The van der Waals surface area contributed by atoms with Gasteiger partial charge in [-0.05, 0) is 50.7 Å². The summed E-state index contributed by atoms with van der Waals surface area (Å²) in [6.45, 7) is 2.38. The largest absolute Gasteiger partial charge is 0.376 e. The number of fused-ring (bicyclic) bond motifs is 1. The number of ether oxygens (including phenoxy) is 1. The van der Waals surface area contributed by atoms with Crippen LogP contribution in [0.3, 0.4) is 0 Å². The zero-order valence-electron chi connectivity index (χ0n) is 16.6. The van der Waals surface area contributed by atoms with Crippen LogP contribution in [0, 0.1) is 5.92 Å². The van der Waals surface area contributed by atoms with Crippen molar-refractivity contribution in [1.29, 1.82) is 0 Å². The predicted octanol–water partition coefficient (Wildman–Crippen LogP) is 1.96. The molecule has 2 saturated heterocycles. The zero-order chi connectivity index (χ0) is 20.0. The highest BCUT2D eigenvalue weighted by molar-refractivity contribution is 6.23. The number of carbonyl (C=O) groups is 3. The van der Waals surface area contributed by atoms with Crippen LogP contribution in [0.4, 0.5) is 5.69 Å². The highest BCUT2D eigenvalue weighted by Gasteiger charge is 2.41. The Morgan fingerprint density at radius 2 is 1.97 bits per heavy atom. The highest BCUT2D eigenvalue weighted by Crippen LogP contribution is 2.35. The Balaban J connectivity index is 1.36. The number of nitrogens with zero attached hydrogens (tertiary/aromatic N) is 2. The average Bonchev–Trinajstić information content (AvgIpc) is 3.34. The third-order valence-corrected chi connectivity index (χ3v) is 6.44. The van der Waals surface area contributed by atoms with Gasteiger partial charge >= 0.3 is 0 Å². The average molecular weight is 397 g/mol. The van der Waals surface area contributed by atoms with Crippen LogP contribution in [0.25, 0.3) is 0 Å². The number of hydrogen-bond acceptors (Lipinski definition) is 5. The monoisotopic (exact) mass is 397 g/mol. The van der Waals surface area contributed by atoms with Crippen LogP contribution in [0.5, 0.6) is 0 Å². The van der Waals surface area contributed by atoms with Gasteiger partial charge in [-0.15, -0.1) is 0 Å². The van der Waals surface area contributed by atoms with Gasteiger partial charge in [-0.1, -0.05) is 6.07 Å². The Morgan fingerprint density at radius 1 is 1.10 bits per heavy atom. The van der Waals surface area contributed by atoms with Crippen molar-refractivity contribution < 1.29 is 19.1 Å². The fourth-order valence-corrected chi connectivity index (χ4v) is 4.69. The number of imide groups is 1. The number of nitrogens with one attached hydrogen (secondary N) is 1. The number of amides is 3. The fourth-order valence-electron chi connectivity index (χ4n) is 4.69. The Labute approximate surface area is 170 Å². The molecule has 154 valence electrons. The van der Waals surface area contributed by atoms with Gasteiger partial charge in [0.2, 0.25) is 5.91 Å². The summed E-state index contributed by atoms with van der Waals surface area (Å²) in [6, 6.07) is 5.82. The molecule has 2 atom stereocenters. The Bertz CT molecular complexity index is 844. The highest BCUT2D eigenvalue weighted by atomic mass is 16.5. The maximum absolute atomic E-state index is 13.2. The van der Waals surface area contributed by atoms with E-state index in [1.165, 1.54) is 4.90 Å². The van der Waals surface area contributed by atoms with Crippen LogP contribution >= 0.6 is 0 Å². The van der Waals surface area contributed by atoms with Crippen LogP contribution < -0.4 is 10.2 Å². The summed E-state index contributed by atoms with van der Waals surface area (Å²) in [5.74, 6) is -0.425. The first-order valence-corrected chi connectivity index (χ1v) is 10.8. The molecule has 3 heterocycles. The number of benzene rings is 1. The van der Waals surface area contributed by atoms with Crippen molar-refractivity contribution in [2.45, 2.75) is 50.7 Å². The summed E-state index contributed by atoms with van der Waals surface area (Å²) in [6.07, 6.45) is 5.69. The molecule has 0 bridgehead atoms. The molecule has 1 aliphatic carbocycles. The predicted molar refractivity (Wildman–Crippen MR) is 107 cm³/mol. The van der Waals surface area contributed by atoms with Crippen molar-refractivity contribution in [3.8, 4) is 0 Å². The van der Waals surface area contributed by atoms with E-state index >= 15 is 0 Å². The fraction of sp³-hybridized carbons (Fsp3) is 0.591. The first kappa shape index (κ1) is 18.6. The van der Waals surface area contributed by atoms with Crippen LogP contribution in [-0.2, 0) is 9.53 Å². The molecular weight excluding hydrogens is 370 g/mol. The van der Waals surface area contributed by atoms with Gasteiger partial charge in [0.1, 0.15) is 0 Å². The number of rotatable bonds is 5. The summed E-state index contributed by atoms with van der Waals surface area (Å²) in [7, 11) is 0. The summed E-state index contributed by atoms with van der Waals surface area (Å²) < 4.78 is 5.63. The molecule has 1 N–H and O–H groups in total. The van der Waals surface area contributed by atoms with E-state index in [0.717, 1.165) is 50.8 Å². The zero-order valence-corrected chi connectivity index (χ0v) is 16.6. The van der Waals surface area contributed by atoms with Crippen molar-refractivity contribution >= 4 is 23.4 Å². The molecule has 1 aromatic carbocycles. The lowest BCUT2D eigenvalue weighted by molar-refractivity contribution is -0.125. The van der Waals surface area contributed by atoms with E-state index < -0.39 is 0 Å². The standard InChI is InChI=1S/C22H27N3O4/c26-20(23-15-8-9-15)14-4-2-10-24(12-14)18-7-1-6-17-19(18)22(28)25(21(17)27)13-16-5-3-11-29-16/h1,6-7,14-16H,2-5,8-13H2,(H,23,26)/t14-,16-/m1/s1. The normalized spacial score (nSPS) is 26.8. The van der Waals surface area contributed by atoms with Crippen LogP contribution in [-0.4, -0.2) is 61.0 Å². The Kier molecular flexibility index (Phi) is 4.78. The van der Waals surface area contributed by atoms with Gasteiger partial charge in [0.15, 0.2) is 0 Å². The van der Waals surface area contributed by atoms with Crippen molar-refractivity contribution in [1.82, 2.24) is 10.2 Å². The second kappa shape index (κ2) is 7.44. The van der Waals surface area contributed by atoms with Gasteiger partial charge in [0.25, 0.3) is 11.8 Å². The second-order valence-electron chi connectivity index (χ2n) is 8.62. The van der Waals surface area contributed by atoms with Gasteiger partial charge < -0.3 is 15.0 Å². The molecule has 0 aromatic heterocycles. The minimum absolute atomic E-state index is 0.0638. The quantitative estimate of drug-likeness (QED) is 0.769. The molecule has 0 spiro atoms. The van der Waals surface area contributed by atoms with Gasteiger partial charge in [0.05, 0.1) is 35.4 Å². The molecule has 0 radical (unpaired) electrons. The molecule has 1 aromatic rings. The first-order valence-electron chi connectivity index (χ1n) is 10.8. The van der Waals surface area contributed by atoms with E-state index in [1.807, 2.05) is 12.1 Å². The minimum Gasteiger partial charge on any atom is -0.376 e. The number of anilines is 1. The summed E-state index contributed by atoms with van der Waals surface area (Å²) in [5.41, 5.74) is 1.73. The Morgan fingerprint density at radius 3 is 2.72 bits per heavy atom. The van der Waals surface area contributed by atoms with Crippen LogP contribution in [0.2, 0.25) is 0 Å². The van der Waals surface area contributed by atoms with Crippen molar-refractivity contribution in [2.75, 3.05) is 31.1 Å². The van der Waals surface area contributed by atoms with E-state index in [0.29, 0.717) is 36.9 Å². The second-order valence-corrected chi connectivity index (χ2v) is 8.62. The summed E-state index contributed by atoms with van der Waals surface area (Å²) in [5, 5.41) is 3.10. The van der Waals surface area contributed by atoms with E-state index in [4.69, 9.17) is 4.74 Å². The maximum atomic E-state index is 13.2. The lowest BCUT2D eigenvalue weighted by Crippen LogP contribution is -2.44. The topological polar surface area (TPSA) is 79.0 Å². The molecule has 3 fully saturated rings. The summed E-state index contributed by atoms with van der Waals surface area (Å²) in [4.78, 5) is 42.1. The van der Waals surface area contributed by atoms with Crippen LogP contribution in [0.1, 0.15) is 59.2 Å². The molecule has 4 aliphatic rings. The molecule has 3 aliphatic heterocycles. The molecule has 7 nitrogen and oxygen atoms in total. The number of carbonyl (C=O) groups excluding carboxylic acids is 3. The van der Waals surface area contributed by atoms with Gasteiger partial charge in [-0.25, -0.2) is 0 Å². The molecule has 7 heteroatoms. The van der Waals surface area contributed by atoms with Gasteiger partial charge in [-0.2, -0.15) is 0 Å². The van der Waals surface area contributed by atoms with E-state index in [2.05, 4.69) is 10.2 Å². The smallest absolute Gasteiger partial charge is 0.263 e. The lowest BCUT2D eigenvalue weighted by atomic mass is 9.95.